The standard InChI is InChI=1S/C11H15BrO3/c1-7(13)10(14)6-8-3-4-11(15-2)9(12)5-8/h3-5,7,10,13-14H,6H2,1-2H3. The van der Waals surface area contributed by atoms with Crippen LogP contribution in [0.4, 0.5) is 0 Å². The van der Waals surface area contributed by atoms with E-state index in [1.807, 2.05) is 18.2 Å². The van der Waals surface area contributed by atoms with Crippen molar-refractivity contribution >= 4 is 15.9 Å². The van der Waals surface area contributed by atoms with Crippen molar-refractivity contribution in [2.24, 2.45) is 0 Å². The number of benzene rings is 1. The predicted octanol–water partition coefficient (Wildman–Crippen LogP) is 1.74. The molecule has 0 amide bonds. The summed E-state index contributed by atoms with van der Waals surface area (Å²) in [6.45, 7) is 1.57. The van der Waals surface area contributed by atoms with E-state index in [0.717, 1.165) is 15.8 Å². The normalized spacial score (nSPS) is 14.7. The summed E-state index contributed by atoms with van der Waals surface area (Å²) in [5, 5.41) is 18.7. The van der Waals surface area contributed by atoms with E-state index in [2.05, 4.69) is 15.9 Å². The first-order valence-electron chi connectivity index (χ1n) is 4.73. The van der Waals surface area contributed by atoms with Crippen LogP contribution in [0.5, 0.6) is 5.75 Å². The molecule has 0 saturated heterocycles. The second-order valence-corrected chi connectivity index (χ2v) is 4.34. The second-order valence-electron chi connectivity index (χ2n) is 3.48. The van der Waals surface area contributed by atoms with Gasteiger partial charge in [-0.3, -0.25) is 0 Å². The lowest BCUT2D eigenvalue weighted by molar-refractivity contribution is 0.0319. The monoisotopic (exact) mass is 274 g/mol. The molecule has 0 radical (unpaired) electrons. The minimum Gasteiger partial charge on any atom is -0.496 e. The molecule has 1 aromatic carbocycles. The fourth-order valence-corrected chi connectivity index (χ4v) is 1.84. The van der Waals surface area contributed by atoms with Gasteiger partial charge in [0.25, 0.3) is 0 Å². The number of aliphatic hydroxyl groups is 2. The number of rotatable bonds is 4. The Labute approximate surface area is 97.8 Å². The largest absolute Gasteiger partial charge is 0.496 e. The third-order valence-electron chi connectivity index (χ3n) is 2.22. The smallest absolute Gasteiger partial charge is 0.133 e. The van der Waals surface area contributed by atoms with Crippen molar-refractivity contribution in [2.45, 2.75) is 25.6 Å². The molecule has 1 rings (SSSR count). The van der Waals surface area contributed by atoms with Crippen LogP contribution in [0.25, 0.3) is 0 Å². The van der Waals surface area contributed by atoms with Crippen molar-refractivity contribution in [2.75, 3.05) is 7.11 Å². The van der Waals surface area contributed by atoms with E-state index in [1.165, 1.54) is 0 Å². The van der Waals surface area contributed by atoms with Crippen LogP contribution in [0, 0.1) is 0 Å². The average molecular weight is 275 g/mol. The van der Waals surface area contributed by atoms with Crippen LogP contribution in [-0.2, 0) is 6.42 Å². The highest BCUT2D eigenvalue weighted by molar-refractivity contribution is 9.10. The molecule has 15 heavy (non-hydrogen) atoms. The van der Waals surface area contributed by atoms with Gasteiger partial charge in [0.05, 0.1) is 23.8 Å². The molecule has 0 aliphatic rings. The molecule has 2 unspecified atom stereocenters. The lowest BCUT2D eigenvalue weighted by Crippen LogP contribution is -2.24. The Bertz CT molecular complexity index is 326. The highest BCUT2D eigenvalue weighted by atomic mass is 79.9. The van der Waals surface area contributed by atoms with Gasteiger partial charge < -0.3 is 14.9 Å². The summed E-state index contributed by atoms with van der Waals surface area (Å²) >= 11 is 3.37. The summed E-state index contributed by atoms with van der Waals surface area (Å²) in [6.07, 6.45) is -1.02. The summed E-state index contributed by atoms with van der Waals surface area (Å²) in [6, 6.07) is 5.58. The third-order valence-corrected chi connectivity index (χ3v) is 2.84. The Balaban J connectivity index is 2.75. The van der Waals surface area contributed by atoms with E-state index in [4.69, 9.17) is 9.84 Å². The third kappa shape index (κ3) is 3.48. The van der Waals surface area contributed by atoms with Gasteiger partial charge in [0.1, 0.15) is 5.75 Å². The minimum absolute atomic E-state index is 0.431. The molecule has 0 spiro atoms. The zero-order valence-corrected chi connectivity index (χ0v) is 10.4. The van der Waals surface area contributed by atoms with E-state index < -0.39 is 12.2 Å². The molecular weight excluding hydrogens is 260 g/mol. The Morgan fingerprint density at radius 3 is 2.53 bits per heavy atom. The summed E-state index contributed by atoms with van der Waals surface area (Å²) in [7, 11) is 1.60. The summed E-state index contributed by atoms with van der Waals surface area (Å²) in [5.74, 6) is 0.755. The van der Waals surface area contributed by atoms with Gasteiger partial charge in [-0.25, -0.2) is 0 Å². The Morgan fingerprint density at radius 1 is 1.40 bits per heavy atom. The minimum atomic E-state index is -0.731. The average Bonchev–Trinajstić information content (AvgIpc) is 2.18. The zero-order chi connectivity index (χ0) is 11.4. The van der Waals surface area contributed by atoms with Crippen LogP contribution in [-0.4, -0.2) is 29.5 Å². The molecule has 2 atom stereocenters. The van der Waals surface area contributed by atoms with E-state index in [0.29, 0.717) is 6.42 Å². The topological polar surface area (TPSA) is 49.7 Å². The maximum atomic E-state index is 9.50. The predicted molar refractivity (Wildman–Crippen MR) is 62.1 cm³/mol. The van der Waals surface area contributed by atoms with Gasteiger partial charge in [-0.05, 0) is 40.5 Å². The molecule has 4 heteroatoms. The van der Waals surface area contributed by atoms with Crippen molar-refractivity contribution in [1.29, 1.82) is 0 Å². The van der Waals surface area contributed by atoms with Gasteiger partial charge in [0.2, 0.25) is 0 Å². The van der Waals surface area contributed by atoms with Crippen LogP contribution < -0.4 is 4.74 Å². The zero-order valence-electron chi connectivity index (χ0n) is 8.77. The molecule has 1 aromatic rings. The van der Waals surface area contributed by atoms with Crippen LogP contribution in [0.1, 0.15) is 12.5 Å². The molecule has 84 valence electrons. The summed E-state index contributed by atoms with van der Waals surface area (Å²) in [4.78, 5) is 0. The molecule has 0 aromatic heterocycles. The van der Waals surface area contributed by atoms with Gasteiger partial charge in [-0.1, -0.05) is 6.07 Å². The molecule has 3 nitrogen and oxygen atoms in total. The number of halogens is 1. The Morgan fingerprint density at radius 2 is 2.07 bits per heavy atom. The molecule has 0 aliphatic heterocycles. The quantitative estimate of drug-likeness (QED) is 0.880. The fraction of sp³-hybridized carbons (Fsp3) is 0.455. The van der Waals surface area contributed by atoms with Crippen LogP contribution in [0.15, 0.2) is 22.7 Å². The van der Waals surface area contributed by atoms with Crippen LogP contribution in [0.3, 0.4) is 0 Å². The van der Waals surface area contributed by atoms with Gasteiger partial charge in [-0.2, -0.15) is 0 Å². The van der Waals surface area contributed by atoms with Crippen molar-refractivity contribution in [3.05, 3.63) is 28.2 Å². The summed E-state index contributed by atoms with van der Waals surface area (Å²) in [5.41, 5.74) is 0.955. The van der Waals surface area contributed by atoms with Gasteiger partial charge in [0.15, 0.2) is 0 Å². The maximum absolute atomic E-state index is 9.50. The van der Waals surface area contributed by atoms with E-state index in [9.17, 15) is 5.11 Å². The molecule has 0 bridgehead atoms. The second kappa shape index (κ2) is 5.49. The number of hydrogen-bond donors (Lipinski definition) is 2. The first kappa shape index (κ1) is 12.5. The highest BCUT2D eigenvalue weighted by Gasteiger charge is 2.12. The number of hydrogen-bond acceptors (Lipinski definition) is 3. The summed E-state index contributed by atoms with van der Waals surface area (Å²) < 4.78 is 5.94. The van der Waals surface area contributed by atoms with E-state index >= 15 is 0 Å². The van der Waals surface area contributed by atoms with Crippen molar-refractivity contribution in [3.8, 4) is 5.75 Å². The Hall–Kier alpha value is -0.580. The maximum Gasteiger partial charge on any atom is 0.133 e. The van der Waals surface area contributed by atoms with Crippen molar-refractivity contribution in [1.82, 2.24) is 0 Å². The van der Waals surface area contributed by atoms with E-state index in [1.54, 1.807) is 14.0 Å². The van der Waals surface area contributed by atoms with Gasteiger partial charge in [0, 0.05) is 6.42 Å². The lowest BCUT2D eigenvalue weighted by atomic mass is 10.0. The van der Waals surface area contributed by atoms with Crippen molar-refractivity contribution < 1.29 is 14.9 Å². The van der Waals surface area contributed by atoms with Crippen LogP contribution >= 0.6 is 15.9 Å². The molecular formula is C11H15BrO3. The molecule has 2 N–H and O–H groups in total. The first-order valence-corrected chi connectivity index (χ1v) is 5.52. The molecule has 0 saturated carbocycles. The Kier molecular flexibility index (Phi) is 4.57. The number of ether oxygens (including phenoxy) is 1. The highest BCUT2D eigenvalue weighted by Crippen LogP contribution is 2.26. The fourth-order valence-electron chi connectivity index (χ4n) is 1.25. The lowest BCUT2D eigenvalue weighted by Gasteiger charge is -2.14. The molecule has 0 heterocycles. The van der Waals surface area contributed by atoms with Gasteiger partial charge >= 0.3 is 0 Å². The van der Waals surface area contributed by atoms with Crippen LogP contribution in [0.2, 0.25) is 0 Å². The number of methoxy groups -OCH3 is 1. The molecule has 0 aliphatic carbocycles. The van der Waals surface area contributed by atoms with Crippen molar-refractivity contribution in [3.63, 3.8) is 0 Å². The number of aliphatic hydroxyl groups excluding tert-OH is 2. The van der Waals surface area contributed by atoms with E-state index in [-0.39, 0.29) is 0 Å². The SMILES string of the molecule is COc1ccc(CC(O)C(C)O)cc1Br. The molecule has 0 fully saturated rings. The first-order chi connectivity index (χ1) is 7.04. The van der Waals surface area contributed by atoms with Gasteiger partial charge in [-0.15, -0.1) is 0 Å².